The average molecular weight is 515 g/mol. The Bertz CT molecular complexity index is 1290. The van der Waals surface area contributed by atoms with Crippen LogP contribution in [0.5, 0.6) is 5.75 Å². The molecular formula is C26H31ClN4O3S. The van der Waals surface area contributed by atoms with E-state index < -0.39 is 10.0 Å². The Balaban J connectivity index is 1.58. The Kier molecular flexibility index (Phi) is 7.94. The van der Waals surface area contributed by atoms with Crippen LogP contribution in [0.25, 0.3) is 0 Å². The zero-order valence-electron chi connectivity index (χ0n) is 20.3. The van der Waals surface area contributed by atoms with Crippen LogP contribution < -0.4 is 14.4 Å². The van der Waals surface area contributed by atoms with Crippen molar-refractivity contribution in [3.63, 3.8) is 0 Å². The summed E-state index contributed by atoms with van der Waals surface area (Å²) in [5.41, 5.74) is 4.38. The number of nitrogens with one attached hydrogen (secondary N) is 1. The third-order valence-corrected chi connectivity index (χ3v) is 8.03. The lowest BCUT2D eigenvalue weighted by Crippen LogP contribution is -2.26. The van der Waals surface area contributed by atoms with Crippen molar-refractivity contribution < 1.29 is 13.2 Å². The minimum atomic E-state index is -3.40. The topological polar surface area (TPSA) is 84.4 Å². The van der Waals surface area contributed by atoms with Crippen molar-refractivity contribution in [1.82, 2.24) is 15.3 Å². The van der Waals surface area contributed by atoms with Gasteiger partial charge in [0.05, 0.1) is 29.8 Å². The zero-order valence-corrected chi connectivity index (χ0v) is 21.9. The molecule has 0 bridgehead atoms. The Morgan fingerprint density at radius 2 is 1.86 bits per heavy atom. The maximum absolute atomic E-state index is 12.1. The Hall–Kier alpha value is -2.68. The summed E-state index contributed by atoms with van der Waals surface area (Å²) >= 11 is 6.45. The molecular weight excluding hydrogens is 484 g/mol. The normalized spacial score (nSPS) is 14.6. The fourth-order valence-corrected chi connectivity index (χ4v) is 5.16. The third kappa shape index (κ3) is 6.12. The van der Waals surface area contributed by atoms with Crippen molar-refractivity contribution in [1.29, 1.82) is 0 Å². The van der Waals surface area contributed by atoms with Crippen molar-refractivity contribution in [3.05, 3.63) is 81.9 Å². The van der Waals surface area contributed by atoms with Crippen molar-refractivity contribution in [3.8, 4) is 5.75 Å². The molecule has 2 aromatic carbocycles. The highest BCUT2D eigenvalue weighted by atomic mass is 35.5. The lowest BCUT2D eigenvalue weighted by atomic mass is 9.89. The van der Waals surface area contributed by atoms with Crippen LogP contribution in [0, 0.1) is 0 Å². The van der Waals surface area contributed by atoms with Gasteiger partial charge in [0, 0.05) is 31.6 Å². The van der Waals surface area contributed by atoms with Gasteiger partial charge in [-0.05, 0) is 55.1 Å². The number of anilines is 1. The van der Waals surface area contributed by atoms with Gasteiger partial charge in [0.2, 0.25) is 10.0 Å². The molecule has 2 heterocycles. The van der Waals surface area contributed by atoms with Crippen LogP contribution in [0.2, 0.25) is 5.02 Å². The maximum atomic E-state index is 12.1. The first-order valence-corrected chi connectivity index (χ1v) is 13.9. The second-order valence-corrected chi connectivity index (χ2v) is 11.3. The third-order valence-electron chi connectivity index (χ3n) is 6.52. The van der Waals surface area contributed by atoms with Crippen LogP contribution in [-0.4, -0.2) is 51.9 Å². The summed E-state index contributed by atoms with van der Waals surface area (Å²) < 4.78 is 31.2. The van der Waals surface area contributed by atoms with E-state index in [0.717, 1.165) is 42.8 Å². The molecule has 1 aliphatic rings. The van der Waals surface area contributed by atoms with Gasteiger partial charge in [0.25, 0.3) is 0 Å². The molecule has 0 saturated carbocycles. The summed E-state index contributed by atoms with van der Waals surface area (Å²) in [6, 6.07) is 13.8. The molecule has 1 saturated heterocycles. The minimum absolute atomic E-state index is 0.385. The molecule has 3 aromatic rings. The van der Waals surface area contributed by atoms with E-state index in [1.165, 1.54) is 16.1 Å². The van der Waals surface area contributed by atoms with Gasteiger partial charge in [-0.2, -0.15) is 0 Å². The van der Waals surface area contributed by atoms with E-state index in [4.69, 9.17) is 21.3 Å². The molecule has 7 nitrogen and oxygen atoms in total. The van der Waals surface area contributed by atoms with Gasteiger partial charge in [0.15, 0.2) is 0 Å². The first-order chi connectivity index (χ1) is 16.8. The number of sulfonamides is 1. The summed E-state index contributed by atoms with van der Waals surface area (Å²) in [5, 5.41) is 3.85. The van der Waals surface area contributed by atoms with E-state index in [-0.39, 0.29) is 0 Å². The number of rotatable bonds is 8. The van der Waals surface area contributed by atoms with Crippen LogP contribution in [0.4, 0.5) is 5.69 Å². The average Bonchev–Trinajstić information content (AvgIpc) is 2.86. The van der Waals surface area contributed by atoms with Crippen LogP contribution in [0.1, 0.15) is 47.0 Å². The molecule has 9 heteroatoms. The lowest BCUT2D eigenvalue weighted by molar-refractivity contribution is 0.407. The van der Waals surface area contributed by atoms with Gasteiger partial charge < -0.3 is 10.1 Å². The van der Waals surface area contributed by atoms with Crippen LogP contribution in [-0.2, 0) is 22.9 Å². The molecule has 186 valence electrons. The lowest BCUT2D eigenvalue weighted by Gasteiger charge is -2.24. The molecule has 35 heavy (non-hydrogen) atoms. The molecule has 1 aromatic heterocycles. The van der Waals surface area contributed by atoms with Gasteiger partial charge in [-0.15, -0.1) is 0 Å². The van der Waals surface area contributed by atoms with Crippen LogP contribution >= 0.6 is 11.6 Å². The molecule has 1 fully saturated rings. The van der Waals surface area contributed by atoms with E-state index in [0.29, 0.717) is 41.0 Å². The smallest absolute Gasteiger partial charge is 0.232 e. The summed E-state index contributed by atoms with van der Waals surface area (Å²) in [6.45, 7) is 2.08. The van der Waals surface area contributed by atoms with Crippen molar-refractivity contribution in [2.45, 2.75) is 31.6 Å². The largest absolute Gasteiger partial charge is 0.496 e. The molecule has 0 spiro atoms. The summed E-state index contributed by atoms with van der Waals surface area (Å²) in [6.07, 6.45) is 5.94. The number of piperidine rings is 1. The number of ether oxygens (including phenoxy) is 1. The molecule has 0 aliphatic carbocycles. The predicted octanol–water partition coefficient (Wildman–Crippen LogP) is 4.18. The van der Waals surface area contributed by atoms with Crippen LogP contribution in [0.3, 0.4) is 0 Å². The van der Waals surface area contributed by atoms with Crippen molar-refractivity contribution in [2.75, 3.05) is 37.8 Å². The molecule has 4 rings (SSSR count). The number of para-hydroxylation sites is 1. The molecule has 0 atom stereocenters. The highest BCUT2D eigenvalue weighted by Crippen LogP contribution is 2.31. The van der Waals surface area contributed by atoms with E-state index >= 15 is 0 Å². The number of halogens is 1. The van der Waals surface area contributed by atoms with Crippen LogP contribution in [0.15, 0.2) is 48.7 Å². The first kappa shape index (κ1) is 25.4. The quantitative estimate of drug-likeness (QED) is 0.485. The molecule has 0 amide bonds. The van der Waals surface area contributed by atoms with E-state index in [9.17, 15) is 8.42 Å². The van der Waals surface area contributed by atoms with Crippen molar-refractivity contribution in [2.24, 2.45) is 0 Å². The number of hydrogen-bond acceptors (Lipinski definition) is 6. The van der Waals surface area contributed by atoms with Gasteiger partial charge in [-0.25, -0.2) is 18.4 Å². The van der Waals surface area contributed by atoms with Gasteiger partial charge in [-0.3, -0.25) is 4.31 Å². The predicted molar refractivity (Wildman–Crippen MR) is 140 cm³/mol. The second-order valence-electron chi connectivity index (χ2n) is 8.89. The van der Waals surface area contributed by atoms with E-state index in [2.05, 4.69) is 28.5 Å². The molecule has 0 radical (unpaired) electrons. The SMILES string of the molecule is COc1cc(C2CCNCC2)ccc1Cc1ncc(Cl)c(Cc2ccccc2N(C)S(C)(=O)=O)n1. The highest BCUT2D eigenvalue weighted by Gasteiger charge is 2.19. The number of aromatic nitrogens is 2. The standard InChI is InChI=1S/C26H31ClN4O3S/c1-31(35(3,32)33)24-7-5-4-6-20(24)14-23-22(27)17-29-26(30-23)16-21-9-8-19(15-25(21)34-2)18-10-12-28-13-11-18/h4-9,15,17-18,28H,10-14,16H2,1-3H3. The fourth-order valence-electron chi connectivity index (χ4n) is 4.47. The van der Waals surface area contributed by atoms with Crippen molar-refractivity contribution >= 4 is 27.3 Å². The Labute approximate surface area is 212 Å². The highest BCUT2D eigenvalue weighted by molar-refractivity contribution is 7.92. The second kappa shape index (κ2) is 10.9. The maximum Gasteiger partial charge on any atom is 0.232 e. The molecule has 1 N–H and O–H groups in total. The van der Waals surface area contributed by atoms with Gasteiger partial charge in [-0.1, -0.05) is 41.9 Å². The summed E-state index contributed by atoms with van der Waals surface area (Å²) in [4.78, 5) is 9.19. The number of nitrogens with zero attached hydrogens (tertiary/aromatic N) is 3. The molecule has 0 unspecified atom stereocenters. The number of methoxy groups -OCH3 is 1. The van der Waals surface area contributed by atoms with Gasteiger partial charge >= 0.3 is 0 Å². The summed E-state index contributed by atoms with van der Waals surface area (Å²) in [5.74, 6) is 2.01. The Morgan fingerprint density at radius 3 is 2.57 bits per heavy atom. The van der Waals surface area contributed by atoms with E-state index in [1.807, 2.05) is 18.2 Å². The monoisotopic (exact) mass is 514 g/mol. The van der Waals surface area contributed by atoms with Gasteiger partial charge in [0.1, 0.15) is 11.6 Å². The number of hydrogen-bond donors (Lipinski definition) is 1. The first-order valence-electron chi connectivity index (χ1n) is 11.7. The minimum Gasteiger partial charge on any atom is -0.496 e. The fraction of sp³-hybridized carbons (Fsp3) is 0.385. The summed E-state index contributed by atoms with van der Waals surface area (Å²) in [7, 11) is -0.168. The zero-order chi connectivity index (χ0) is 25.0. The number of benzene rings is 2. The Morgan fingerprint density at radius 1 is 1.11 bits per heavy atom. The van der Waals surface area contributed by atoms with E-state index in [1.54, 1.807) is 26.4 Å². The molecule has 1 aliphatic heterocycles.